The lowest BCUT2D eigenvalue weighted by atomic mass is 10.2. The van der Waals surface area contributed by atoms with Gasteiger partial charge in [-0.05, 0) is 41.1 Å². The molecule has 0 atom stereocenters. The van der Waals surface area contributed by atoms with E-state index in [-0.39, 0.29) is 10.2 Å². The van der Waals surface area contributed by atoms with Crippen molar-refractivity contribution in [2.45, 2.75) is 19.5 Å². The first kappa shape index (κ1) is 19.3. The van der Waals surface area contributed by atoms with Gasteiger partial charge in [0.1, 0.15) is 5.75 Å². The predicted octanol–water partition coefficient (Wildman–Crippen LogP) is 4.82. The minimum atomic E-state index is -5.12. The summed E-state index contributed by atoms with van der Waals surface area (Å²) in [6, 6.07) is 2.58. The molecule has 128 valence electrons. The van der Waals surface area contributed by atoms with Crippen LogP contribution in [0.1, 0.15) is 6.92 Å². The van der Waals surface area contributed by atoms with Gasteiger partial charge >= 0.3 is 18.4 Å². The molecule has 1 amide bonds. The number of ether oxygens (including phenoxy) is 1. The normalized spacial score (nSPS) is 12.5. The zero-order valence-electron chi connectivity index (χ0n) is 11.5. The van der Waals surface area contributed by atoms with Gasteiger partial charge in [0.05, 0.1) is 5.69 Å². The molecule has 0 heterocycles. The van der Waals surface area contributed by atoms with Crippen LogP contribution in [0.2, 0.25) is 0 Å². The van der Waals surface area contributed by atoms with Crippen LogP contribution in [0.15, 0.2) is 34.8 Å². The van der Waals surface area contributed by atoms with Gasteiger partial charge in [0.2, 0.25) is 0 Å². The first-order valence-corrected chi connectivity index (χ1v) is 6.80. The molecule has 0 aliphatic rings. The van der Waals surface area contributed by atoms with E-state index >= 15 is 0 Å². The predicted molar refractivity (Wildman–Crippen MR) is 74.0 cm³/mol. The van der Waals surface area contributed by atoms with Crippen LogP contribution in [0.3, 0.4) is 0 Å². The van der Waals surface area contributed by atoms with Gasteiger partial charge in [0, 0.05) is 11.0 Å². The van der Waals surface area contributed by atoms with Crippen molar-refractivity contribution in [1.82, 2.24) is 0 Å². The van der Waals surface area contributed by atoms with Crippen LogP contribution >= 0.6 is 15.9 Å². The van der Waals surface area contributed by atoms with Crippen molar-refractivity contribution in [2.24, 2.45) is 0 Å². The topological polar surface area (TPSA) is 29.5 Å². The number of hydrogen-bond donors (Lipinski definition) is 0. The lowest BCUT2D eigenvalue weighted by Crippen LogP contribution is -2.41. The summed E-state index contributed by atoms with van der Waals surface area (Å²) in [7, 11) is 0. The van der Waals surface area contributed by atoms with Crippen LogP contribution in [-0.4, -0.2) is 25.0 Å². The molecule has 0 saturated heterocycles. The molecule has 0 bridgehead atoms. The Bertz CT molecular complexity index is 597. The Kier molecular flexibility index (Phi) is 6.09. The minimum absolute atomic E-state index is 0.152. The molecule has 0 radical (unpaired) electrons. The van der Waals surface area contributed by atoms with Crippen LogP contribution in [0.25, 0.3) is 0 Å². The number of halogens is 7. The standard InChI is InChI=1S/C13H10BrF6NO2/c1-2-3-6-21(11(22)12(15,16)17)10-5-4-8(7-9(10)14)23-13(18,19)20/h2-5,7H,6H2,1H3/b3-2+. The molecule has 0 aliphatic heterocycles. The number of carbonyl (C=O) groups is 1. The molecule has 1 rings (SSSR count). The van der Waals surface area contributed by atoms with E-state index in [1.165, 1.54) is 12.2 Å². The van der Waals surface area contributed by atoms with Crippen molar-refractivity contribution in [3.63, 3.8) is 0 Å². The molecule has 1 aromatic rings. The Morgan fingerprint density at radius 1 is 1.26 bits per heavy atom. The largest absolute Gasteiger partial charge is 0.573 e. The lowest BCUT2D eigenvalue weighted by molar-refractivity contribution is -0.274. The Hall–Kier alpha value is -1.71. The summed E-state index contributed by atoms with van der Waals surface area (Å²) in [4.78, 5) is 11.9. The first-order chi connectivity index (χ1) is 10.5. The monoisotopic (exact) mass is 405 g/mol. The molecular weight excluding hydrogens is 396 g/mol. The molecule has 0 unspecified atom stereocenters. The molecule has 0 saturated carbocycles. The van der Waals surface area contributed by atoms with E-state index in [1.807, 2.05) is 0 Å². The number of rotatable bonds is 4. The molecule has 23 heavy (non-hydrogen) atoms. The highest BCUT2D eigenvalue weighted by molar-refractivity contribution is 9.10. The van der Waals surface area contributed by atoms with Crippen LogP contribution in [0.4, 0.5) is 32.0 Å². The summed E-state index contributed by atoms with van der Waals surface area (Å²) in [5.41, 5.74) is -0.236. The fourth-order valence-electron chi connectivity index (χ4n) is 1.56. The molecule has 0 aliphatic carbocycles. The lowest BCUT2D eigenvalue weighted by Gasteiger charge is -2.24. The SMILES string of the molecule is C/C=C/CN(C(=O)C(F)(F)F)c1ccc(OC(F)(F)F)cc1Br. The number of hydrogen-bond acceptors (Lipinski definition) is 2. The highest BCUT2D eigenvalue weighted by atomic mass is 79.9. The Morgan fingerprint density at radius 2 is 1.87 bits per heavy atom. The number of allylic oxidation sites excluding steroid dienone is 1. The summed E-state index contributed by atoms with van der Waals surface area (Å²) >= 11 is 2.85. The highest BCUT2D eigenvalue weighted by Gasteiger charge is 2.43. The van der Waals surface area contributed by atoms with E-state index < -0.39 is 30.7 Å². The van der Waals surface area contributed by atoms with Gasteiger partial charge in [-0.2, -0.15) is 13.2 Å². The smallest absolute Gasteiger partial charge is 0.406 e. The van der Waals surface area contributed by atoms with Gasteiger partial charge in [0.25, 0.3) is 0 Å². The molecule has 0 spiro atoms. The molecule has 0 aromatic heterocycles. The number of nitrogens with zero attached hydrogens (tertiary/aromatic N) is 1. The van der Waals surface area contributed by atoms with E-state index in [2.05, 4.69) is 20.7 Å². The number of benzene rings is 1. The van der Waals surface area contributed by atoms with Gasteiger partial charge in [-0.1, -0.05) is 12.2 Å². The zero-order chi connectivity index (χ0) is 17.8. The highest BCUT2D eigenvalue weighted by Crippen LogP contribution is 2.34. The van der Waals surface area contributed by atoms with E-state index in [0.717, 1.165) is 18.2 Å². The zero-order valence-corrected chi connectivity index (χ0v) is 13.1. The number of carbonyl (C=O) groups excluding carboxylic acids is 1. The van der Waals surface area contributed by atoms with Crippen LogP contribution in [0, 0.1) is 0 Å². The summed E-state index contributed by atoms with van der Waals surface area (Å²) in [5.74, 6) is -2.76. The maximum Gasteiger partial charge on any atom is 0.573 e. The van der Waals surface area contributed by atoms with Crippen molar-refractivity contribution >= 4 is 27.5 Å². The molecule has 3 nitrogen and oxygen atoms in total. The van der Waals surface area contributed by atoms with Crippen molar-refractivity contribution < 1.29 is 35.9 Å². The number of amides is 1. The second kappa shape index (κ2) is 7.24. The Labute approximate surface area is 135 Å². The van der Waals surface area contributed by atoms with Crippen LogP contribution in [0.5, 0.6) is 5.75 Å². The van der Waals surface area contributed by atoms with E-state index in [1.54, 1.807) is 6.92 Å². The molecule has 10 heteroatoms. The van der Waals surface area contributed by atoms with E-state index in [0.29, 0.717) is 4.90 Å². The molecule has 1 aromatic carbocycles. The fraction of sp³-hybridized carbons (Fsp3) is 0.308. The summed E-state index contributed by atoms with van der Waals surface area (Å²) in [6.07, 6.45) is -7.32. The Morgan fingerprint density at radius 3 is 2.30 bits per heavy atom. The number of alkyl halides is 6. The maximum atomic E-state index is 12.6. The number of anilines is 1. The fourth-order valence-corrected chi connectivity index (χ4v) is 2.13. The van der Waals surface area contributed by atoms with Crippen molar-refractivity contribution in [3.8, 4) is 5.75 Å². The average Bonchev–Trinajstić information content (AvgIpc) is 2.37. The van der Waals surface area contributed by atoms with Crippen LogP contribution in [-0.2, 0) is 4.79 Å². The molecular formula is C13H10BrF6NO2. The van der Waals surface area contributed by atoms with Gasteiger partial charge < -0.3 is 4.74 Å². The third-order valence-electron chi connectivity index (χ3n) is 2.45. The summed E-state index contributed by atoms with van der Waals surface area (Å²) in [6.45, 7) is 1.15. The Balaban J connectivity index is 3.19. The molecule has 0 N–H and O–H groups in total. The van der Waals surface area contributed by atoms with Gasteiger partial charge in [-0.3, -0.25) is 9.69 Å². The maximum absolute atomic E-state index is 12.6. The van der Waals surface area contributed by atoms with Gasteiger partial charge in [0.15, 0.2) is 0 Å². The third-order valence-corrected chi connectivity index (χ3v) is 3.09. The van der Waals surface area contributed by atoms with Crippen molar-refractivity contribution in [1.29, 1.82) is 0 Å². The summed E-state index contributed by atoms with van der Waals surface area (Å²) < 4.78 is 77.8. The van der Waals surface area contributed by atoms with Gasteiger partial charge in [-0.15, -0.1) is 13.2 Å². The second-order valence-electron chi connectivity index (χ2n) is 4.14. The second-order valence-corrected chi connectivity index (χ2v) is 5.00. The minimum Gasteiger partial charge on any atom is -0.406 e. The quantitative estimate of drug-likeness (QED) is 0.530. The van der Waals surface area contributed by atoms with Gasteiger partial charge in [-0.25, -0.2) is 0 Å². The average molecular weight is 406 g/mol. The van der Waals surface area contributed by atoms with Crippen molar-refractivity contribution in [2.75, 3.05) is 11.4 Å². The van der Waals surface area contributed by atoms with Crippen LogP contribution < -0.4 is 9.64 Å². The summed E-state index contributed by atoms with van der Waals surface area (Å²) in [5, 5.41) is 0. The van der Waals surface area contributed by atoms with E-state index in [4.69, 9.17) is 0 Å². The van der Waals surface area contributed by atoms with Crippen molar-refractivity contribution in [3.05, 3.63) is 34.8 Å². The van der Waals surface area contributed by atoms with E-state index in [9.17, 15) is 31.1 Å². The first-order valence-electron chi connectivity index (χ1n) is 6.01. The third kappa shape index (κ3) is 5.77. The molecule has 0 fully saturated rings.